The highest BCUT2D eigenvalue weighted by atomic mass is 16.3. The lowest BCUT2D eigenvalue weighted by Crippen LogP contribution is -2.62. The van der Waals surface area contributed by atoms with Crippen molar-refractivity contribution >= 4 is 146 Å². The third kappa shape index (κ3) is 5.11. The minimum absolute atomic E-state index is 0.139. The molecule has 15 rings (SSSR count). The van der Waals surface area contributed by atoms with Gasteiger partial charge in [-0.2, -0.15) is 0 Å². The van der Waals surface area contributed by atoms with Crippen LogP contribution < -0.4 is 42.6 Å². The van der Waals surface area contributed by atoms with E-state index in [4.69, 9.17) is 8.83 Å². The lowest BCUT2D eigenvalue weighted by atomic mass is 9.32. The quantitative estimate of drug-likeness (QED) is 0.162. The molecule has 0 saturated heterocycles. The Bertz CT molecular complexity index is 4310. The van der Waals surface area contributed by atoms with Gasteiger partial charge in [0.2, 0.25) is 0 Å². The van der Waals surface area contributed by atoms with Crippen LogP contribution in [0.3, 0.4) is 0 Å². The fourth-order valence-corrected chi connectivity index (χ4v) is 13.4. The van der Waals surface area contributed by atoms with Gasteiger partial charge in [0.15, 0.2) is 0 Å². The van der Waals surface area contributed by atoms with E-state index in [-0.39, 0.29) is 13.4 Å². The van der Waals surface area contributed by atoms with E-state index in [2.05, 4.69) is 210 Å². The van der Waals surface area contributed by atoms with Crippen LogP contribution in [0.2, 0.25) is 0 Å². The summed E-state index contributed by atoms with van der Waals surface area (Å²) in [6, 6.07) is 57.6. The van der Waals surface area contributed by atoms with Crippen molar-refractivity contribution in [2.24, 2.45) is 0 Å². The van der Waals surface area contributed by atoms with Gasteiger partial charge in [0.05, 0.1) is 22.7 Å². The van der Waals surface area contributed by atoms with Gasteiger partial charge in [-0.25, -0.2) is 0 Å². The molecule has 0 spiro atoms. The van der Waals surface area contributed by atoms with Gasteiger partial charge in [-0.3, -0.25) is 0 Å². The summed E-state index contributed by atoms with van der Waals surface area (Å²) in [5, 5.41) is 9.49. The molecule has 0 radical (unpaired) electrons. The van der Waals surface area contributed by atoms with Crippen LogP contribution in [-0.2, 0) is 0 Å². The fourth-order valence-electron chi connectivity index (χ4n) is 13.4. The summed E-state index contributed by atoms with van der Waals surface area (Å²) in [5.74, 6) is 0. The van der Waals surface area contributed by atoms with Gasteiger partial charge in [0, 0.05) is 32.9 Å². The van der Waals surface area contributed by atoms with E-state index in [1.807, 2.05) is 0 Å². The molecular formula is C63H46B2N2O2. The number of hydrogen-bond donors (Lipinski definition) is 0. The van der Waals surface area contributed by atoms with Crippen molar-refractivity contribution in [1.29, 1.82) is 0 Å². The first-order valence-electron chi connectivity index (χ1n) is 24.4. The maximum Gasteiger partial charge on any atom is 0.253 e. The maximum atomic E-state index is 7.26. The van der Waals surface area contributed by atoms with Gasteiger partial charge < -0.3 is 18.6 Å². The lowest BCUT2D eigenvalue weighted by molar-refractivity contribution is 0.670. The Morgan fingerprint density at radius 2 is 0.783 bits per heavy atom. The average Bonchev–Trinajstić information content (AvgIpc) is 3.90. The van der Waals surface area contributed by atoms with Crippen LogP contribution in [0.1, 0.15) is 38.9 Å². The molecule has 5 heterocycles. The third-order valence-electron chi connectivity index (χ3n) is 16.0. The van der Waals surface area contributed by atoms with E-state index >= 15 is 0 Å². The van der Waals surface area contributed by atoms with Crippen LogP contribution in [0.5, 0.6) is 0 Å². The number of anilines is 6. The Hall–Kier alpha value is -7.95. The number of hydrogen-bond acceptors (Lipinski definition) is 4. The smallest absolute Gasteiger partial charge is 0.253 e. The molecule has 0 aliphatic carbocycles. The predicted octanol–water partition coefficient (Wildman–Crippen LogP) is 12.9. The van der Waals surface area contributed by atoms with Gasteiger partial charge >= 0.3 is 0 Å². The molecule has 2 aromatic heterocycles. The van der Waals surface area contributed by atoms with Crippen molar-refractivity contribution in [1.82, 2.24) is 0 Å². The number of furan rings is 2. The predicted molar refractivity (Wildman–Crippen MR) is 294 cm³/mol. The van der Waals surface area contributed by atoms with Gasteiger partial charge in [-0.05, 0) is 152 Å². The van der Waals surface area contributed by atoms with E-state index in [1.54, 1.807) is 0 Å². The second-order valence-corrected chi connectivity index (χ2v) is 20.4. The summed E-state index contributed by atoms with van der Waals surface area (Å²) < 4.78 is 14.5. The van der Waals surface area contributed by atoms with Crippen LogP contribution in [-0.4, -0.2) is 13.4 Å². The molecule has 3 aliphatic heterocycles. The second-order valence-electron chi connectivity index (χ2n) is 20.4. The zero-order chi connectivity index (χ0) is 46.3. The standard InChI is InChI=1S/C63H46B2N2O2/c1-33-18-23-48(37(5)26-33)64-56-42-14-10-8-12-40(42)31-51-60(56)66(49-24-21-46-44-19-16-34(2)29-53(44)68-62(46)58(49)64)52-32-41-13-9-11-15-43(41)57-61(52)67(51)50-25-22-47-45-20-17-35(3)30-54(45)69-63(47)59(50)65(57)55-38(6)27-36(4)28-39(55)7/h8-32H,1-7H3. The molecule has 12 aromatic rings. The molecule has 0 amide bonds. The first-order valence-corrected chi connectivity index (χ1v) is 24.4. The zero-order valence-corrected chi connectivity index (χ0v) is 39.8. The lowest BCUT2D eigenvalue weighted by Gasteiger charge is -2.49. The second kappa shape index (κ2) is 13.6. The first kappa shape index (κ1) is 39.1. The Balaban J connectivity index is 1.17. The highest BCUT2D eigenvalue weighted by molar-refractivity contribution is 7.02. The fraction of sp³-hybridized carbons (Fsp3) is 0.111. The van der Waals surface area contributed by atoms with Crippen LogP contribution in [0.15, 0.2) is 160 Å². The average molecular weight is 885 g/mol. The Labute approximate surface area is 401 Å². The number of benzene rings is 10. The number of aryl methyl sites for hydroxylation is 7. The Morgan fingerprint density at radius 1 is 0.333 bits per heavy atom. The SMILES string of the molecule is Cc1ccc(B2c3c4c(cc5ccccc35)N3c5ccc6c(oc7cc(C)ccc76)c5B(c5c(C)cc(C)cc5C)c5c3c(cc3ccccc53)N4c3ccc4c(oc5cc(C)ccc54)c32)c(C)c1. The van der Waals surface area contributed by atoms with E-state index in [0.717, 1.165) is 66.6 Å². The molecule has 0 unspecified atom stereocenters. The third-order valence-corrected chi connectivity index (χ3v) is 16.0. The summed E-state index contributed by atoms with van der Waals surface area (Å²) in [6.07, 6.45) is 0. The van der Waals surface area contributed by atoms with E-state index in [1.165, 1.54) is 105 Å². The van der Waals surface area contributed by atoms with Crippen LogP contribution in [0.25, 0.3) is 65.4 Å². The molecule has 326 valence electrons. The topological polar surface area (TPSA) is 32.8 Å². The van der Waals surface area contributed by atoms with Gasteiger partial charge in [-0.1, -0.05) is 142 Å². The Kier molecular flexibility index (Phi) is 7.71. The molecule has 3 aliphatic rings. The summed E-state index contributed by atoms with van der Waals surface area (Å²) in [7, 11) is 0. The van der Waals surface area contributed by atoms with Gasteiger partial charge in [0.1, 0.15) is 22.3 Å². The number of rotatable bonds is 2. The molecular weight excluding hydrogens is 838 g/mol. The van der Waals surface area contributed by atoms with Crippen molar-refractivity contribution in [2.75, 3.05) is 9.80 Å². The van der Waals surface area contributed by atoms with E-state index in [9.17, 15) is 0 Å². The largest absolute Gasteiger partial charge is 0.457 e. The number of nitrogens with zero attached hydrogens (tertiary/aromatic N) is 2. The minimum atomic E-state index is -0.142. The Morgan fingerprint density at radius 3 is 1.32 bits per heavy atom. The van der Waals surface area contributed by atoms with E-state index < -0.39 is 0 Å². The zero-order valence-electron chi connectivity index (χ0n) is 39.8. The molecule has 0 fully saturated rings. The molecule has 4 nitrogen and oxygen atoms in total. The van der Waals surface area contributed by atoms with Crippen LogP contribution >= 0.6 is 0 Å². The minimum Gasteiger partial charge on any atom is -0.457 e. The molecule has 0 bridgehead atoms. The van der Waals surface area contributed by atoms with E-state index in [0.29, 0.717) is 0 Å². The van der Waals surface area contributed by atoms with Crippen molar-refractivity contribution in [3.8, 4) is 0 Å². The normalized spacial score (nSPS) is 13.6. The van der Waals surface area contributed by atoms with Gasteiger partial charge in [0.25, 0.3) is 13.4 Å². The first-order chi connectivity index (χ1) is 33.6. The maximum absolute atomic E-state index is 7.26. The van der Waals surface area contributed by atoms with Crippen LogP contribution in [0, 0.1) is 48.5 Å². The van der Waals surface area contributed by atoms with Crippen molar-refractivity contribution in [3.05, 3.63) is 191 Å². The highest BCUT2D eigenvalue weighted by Gasteiger charge is 2.50. The monoisotopic (exact) mass is 884 g/mol. The summed E-state index contributed by atoms with van der Waals surface area (Å²) >= 11 is 0. The summed E-state index contributed by atoms with van der Waals surface area (Å²) in [6.45, 7) is 15.4. The number of fused-ring (bicyclic) bond motifs is 18. The molecule has 0 N–H and O–H groups in total. The van der Waals surface area contributed by atoms with Crippen molar-refractivity contribution < 1.29 is 8.83 Å². The molecule has 0 saturated carbocycles. The summed E-state index contributed by atoms with van der Waals surface area (Å²) in [4.78, 5) is 5.26. The molecule has 69 heavy (non-hydrogen) atoms. The van der Waals surface area contributed by atoms with Crippen LogP contribution in [0.4, 0.5) is 34.1 Å². The molecule has 0 atom stereocenters. The molecule has 10 aromatic carbocycles. The van der Waals surface area contributed by atoms with Gasteiger partial charge in [-0.15, -0.1) is 0 Å². The summed E-state index contributed by atoms with van der Waals surface area (Å²) in [5.41, 5.74) is 27.2. The van der Waals surface area contributed by atoms with Crippen molar-refractivity contribution in [3.63, 3.8) is 0 Å². The van der Waals surface area contributed by atoms with Crippen molar-refractivity contribution in [2.45, 2.75) is 48.5 Å². The molecule has 6 heteroatoms. The highest BCUT2D eigenvalue weighted by Crippen LogP contribution is 2.58.